The topological polar surface area (TPSA) is 79.0 Å². The van der Waals surface area contributed by atoms with Crippen LogP contribution in [0.3, 0.4) is 0 Å². The molecule has 0 bridgehead atoms. The molecule has 0 aliphatic rings. The maximum Gasteiger partial charge on any atom is 0.315 e. The van der Waals surface area contributed by atoms with Crippen LogP contribution in [0.25, 0.3) is 11.0 Å². The number of carbonyl (C=O) groups is 1. The van der Waals surface area contributed by atoms with Crippen LogP contribution in [0.5, 0.6) is 5.75 Å². The second-order valence-electron chi connectivity index (χ2n) is 6.43. The van der Waals surface area contributed by atoms with Gasteiger partial charge in [-0.1, -0.05) is 24.3 Å². The number of carbonyl (C=O) groups excluding carboxylic acids is 1. The van der Waals surface area contributed by atoms with Crippen LogP contribution in [0.15, 0.2) is 48.5 Å². The van der Waals surface area contributed by atoms with E-state index in [1.807, 2.05) is 62.4 Å². The molecule has 0 saturated carbocycles. The number of hydrogen-bond acceptors (Lipinski definition) is 3. The molecule has 0 fully saturated rings. The number of para-hydroxylation sites is 2. The number of hydrogen-bond donors (Lipinski definition) is 3. The first-order chi connectivity index (χ1) is 13.2. The van der Waals surface area contributed by atoms with E-state index in [0.717, 1.165) is 41.0 Å². The van der Waals surface area contributed by atoms with Gasteiger partial charge in [0.15, 0.2) is 0 Å². The van der Waals surface area contributed by atoms with Crippen LogP contribution in [0, 0.1) is 0 Å². The number of nitrogens with one attached hydrogen (secondary N) is 3. The first-order valence-corrected chi connectivity index (χ1v) is 9.36. The zero-order valence-corrected chi connectivity index (χ0v) is 15.8. The van der Waals surface area contributed by atoms with Gasteiger partial charge in [-0.25, -0.2) is 9.78 Å². The van der Waals surface area contributed by atoms with E-state index in [4.69, 9.17) is 4.74 Å². The van der Waals surface area contributed by atoms with Crippen LogP contribution in [-0.2, 0) is 6.42 Å². The Kier molecular flexibility index (Phi) is 6.30. The number of aromatic amines is 1. The standard InChI is InChI=1S/C21H26N4O2/c1-3-27-17-12-10-16(11-13-17)15(2)23-21(26)22-14-6-9-20-24-18-7-4-5-8-19(18)25-20/h4-5,7-8,10-13,15H,3,6,9,14H2,1-2H3,(H,24,25)(H2,22,23,26). The molecule has 0 aliphatic carbocycles. The molecular weight excluding hydrogens is 340 g/mol. The third kappa shape index (κ3) is 5.23. The summed E-state index contributed by atoms with van der Waals surface area (Å²) < 4.78 is 5.44. The molecule has 3 N–H and O–H groups in total. The fourth-order valence-corrected chi connectivity index (χ4v) is 2.93. The number of rotatable bonds is 8. The van der Waals surface area contributed by atoms with E-state index in [2.05, 4.69) is 20.6 Å². The summed E-state index contributed by atoms with van der Waals surface area (Å²) in [6.07, 6.45) is 1.62. The van der Waals surface area contributed by atoms with Crippen molar-refractivity contribution in [1.29, 1.82) is 0 Å². The van der Waals surface area contributed by atoms with E-state index in [-0.39, 0.29) is 12.1 Å². The van der Waals surface area contributed by atoms with Crippen LogP contribution < -0.4 is 15.4 Å². The highest BCUT2D eigenvalue weighted by Crippen LogP contribution is 2.17. The van der Waals surface area contributed by atoms with E-state index in [0.29, 0.717) is 13.2 Å². The Morgan fingerprint density at radius 3 is 2.70 bits per heavy atom. The Hall–Kier alpha value is -3.02. The predicted octanol–water partition coefficient (Wildman–Crippen LogP) is 3.95. The van der Waals surface area contributed by atoms with Gasteiger partial charge in [-0.3, -0.25) is 0 Å². The number of nitrogens with zero attached hydrogens (tertiary/aromatic N) is 1. The Bertz CT molecular complexity index is 840. The molecule has 1 atom stereocenters. The van der Waals surface area contributed by atoms with Gasteiger partial charge in [-0.05, 0) is 50.1 Å². The van der Waals surface area contributed by atoms with Gasteiger partial charge in [0.25, 0.3) is 0 Å². The number of urea groups is 1. The van der Waals surface area contributed by atoms with Crippen LogP contribution in [-0.4, -0.2) is 29.2 Å². The van der Waals surface area contributed by atoms with Crippen molar-refractivity contribution in [2.45, 2.75) is 32.7 Å². The molecule has 27 heavy (non-hydrogen) atoms. The summed E-state index contributed by atoms with van der Waals surface area (Å²) in [6, 6.07) is 15.5. The molecule has 0 radical (unpaired) electrons. The van der Waals surface area contributed by atoms with Gasteiger partial charge in [-0.2, -0.15) is 0 Å². The molecule has 3 aromatic rings. The summed E-state index contributed by atoms with van der Waals surface area (Å²) in [7, 11) is 0. The average molecular weight is 366 g/mol. The van der Waals surface area contributed by atoms with Gasteiger partial charge in [0.2, 0.25) is 0 Å². The van der Waals surface area contributed by atoms with Gasteiger partial charge in [-0.15, -0.1) is 0 Å². The number of ether oxygens (including phenoxy) is 1. The molecule has 6 heteroatoms. The van der Waals surface area contributed by atoms with Gasteiger partial charge >= 0.3 is 6.03 Å². The first kappa shape index (κ1) is 18.8. The highest BCUT2D eigenvalue weighted by molar-refractivity contribution is 5.75. The number of aromatic nitrogens is 2. The Balaban J connectivity index is 1.39. The monoisotopic (exact) mass is 366 g/mol. The third-order valence-electron chi connectivity index (χ3n) is 4.35. The van der Waals surface area contributed by atoms with Crippen molar-refractivity contribution in [3.63, 3.8) is 0 Å². The molecule has 2 amide bonds. The van der Waals surface area contributed by atoms with E-state index < -0.39 is 0 Å². The van der Waals surface area contributed by atoms with Gasteiger partial charge in [0.1, 0.15) is 11.6 Å². The predicted molar refractivity (Wildman–Crippen MR) is 107 cm³/mol. The lowest BCUT2D eigenvalue weighted by molar-refractivity contribution is 0.238. The van der Waals surface area contributed by atoms with Gasteiger partial charge < -0.3 is 20.4 Å². The van der Waals surface area contributed by atoms with Crippen LogP contribution in [0.4, 0.5) is 4.79 Å². The summed E-state index contributed by atoms with van der Waals surface area (Å²) in [5, 5.41) is 5.86. The lowest BCUT2D eigenvalue weighted by atomic mass is 10.1. The molecule has 0 spiro atoms. The second kappa shape index (κ2) is 9.07. The molecule has 142 valence electrons. The van der Waals surface area contributed by atoms with E-state index >= 15 is 0 Å². The molecule has 6 nitrogen and oxygen atoms in total. The van der Waals surface area contributed by atoms with Crippen LogP contribution in [0.2, 0.25) is 0 Å². The lowest BCUT2D eigenvalue weighted by Crippen LogP contribution is -2.37. The highest BCUT2D eigenvalue weighted by atomic mass is 16.5. The largest absolute Gasteiger partial charge is 0.494 e. The zero-order chi connectivity index (χ0) is 19.1. The summed E-state index contributed by atoms with van der Waals surface area (Å²) in [5.74, 6) is 1.78. The smallest absolute Gasteiger partial charge is 0.315 e. The molecule has 2 aromatic carbocycles. The van der Waals surface area contributed by atoms with Gasteiger partial charge in [0, 0.05) is 13.0 Å². The average Bonchev–Trinajstić information content (AvgIpc) is 3.09. The summed E-state index contributed by atoms with van der Waals surface area (Å²) in [6.45, 7) is 5.16. The Morgan fingerprint density at radius 2 is 1.96 bits per heavy atom. The fraction of sp³-hybridized carbons (Fsp3) is 0.333. The van der Waals surface area contributed by atoms with Gasteiger partial charge in [0.05, 0.1) is 23.7 Å². The third-order valence-corrected chi connectivity index (χ3v) is 4.35. The van der Waals surface area contributed by atoms with Crippen LogP contribution in [0.1, 0.15) is 37.7 Å². The van der Waals surface area contributed by atoms with Crippen molar-refractivity contribution in [3.8, 4) is 5.75 Å². The summed E-state index contributed by atoms with van der Waals surface area (Å²) in [5.41, 5.74) is 3.06. The number of amides is 2. The highest BCUT2D eigenvalue weighted by Gasteiger charge is 2.09. The zero-order valence-electron chi connectivity index (χ0n) is 15.8. The maximum absolute atomic E-state index is 12.1. The van der Waals surface area contributed by atoms with E-state index in [1.54, 1.807) is 0 Å². The van der Waals surface area contributed by atoms with Crippen molar-refractivity contribution in [2.75, 3.05) is 13.2 Å². The molecule has 1 unspecified atom stereocenters. The Labute approximate surface area is 159 Å². The molecule has 3 rings (SSSR count). The minimum atomic E-state index is -0.166. The number of fused-ring (bicyclic) bond motifs is 1. The molecular formula is C21H26N4O2. The van der Waals surface area contributed by atoms with Crippen molar-refractivity contribution >= 4 is 17.1 Å². The molecule has 1 heterocycles. The minimum Gasteiger partial charge on any atom is -0.494 e. The number of aryl methyl sites for hydroxylation is 1. The van der Waals surface area contributed by atoms with Crippen molar-refractivity contribution in [1.82, 2.24) is 20.6 Å². The molecule has 0 saturated heterocycles. The second-order valence-corrected chi connectivity index (χ2v) is 6.43. The number of benzene rings is 2. The first-order valence-electron chi connectivity index (χ1n) is 9.36. The fourth-order valence-electron chi connectivity index (χ4n) is 2.93. The van der Waals surface area contributed by atoms with Crippen molar-refractivity contribution in [2.24, 2.45) is 0 Å². The van der Waals surface area contributed by atoms with E-state index in [9.17, 15) is 4.79 Å². The maximum atomic E-state index is 12.1. The summed E-state index contributed by atoms with van der Waals surface area (Å²) in [4.78, 5) is 19.9. The number of H-pyrrole nitrogens is 1. The van der Waals surface area contributed by atoms with Crippen LogP contribution >= 0.6 is 0 Å². The normalized spacial score (nSPS) is 11.9. The quantitative estimate of drug-likeness (QED) is 0.528. The molecule has 0 aliphatic heterocycles. The SMILES string of the molecule is CCOc1ccc(C(C)NC(=O)NCCCc2nc3ccccc3[nH]2)cc1. The minimum absolute atomic E-state index is 0.0731. The summed E-state index contributed by atoms with van der Waals surface area (Å²) >= 11 is 0. The number of imidazole rings is 1. The Morgan fingerprint density at radius 1 is 1.19 bits per heavy atom. The van der Waals surface area contributed by atoms with E-state index in [1.165, 1.54) is 0 Å². The lowest BCUT2D eigenvalue weighted by Gasteiger charge is -2.15. The molecule has 1 aromatic heterocycles. The van der Waals surface area contributed by atoms with Crippen molar-refractivity contribution in [3.05, 3.63) is 59.9 Å². The van der Waals surface area contributed by atoms with Crippen molar-refractivity contribution < 1.29 is 9.53 Å².